The molecule has 2 atom stereocenters. The summed E-state index contributed by atoms with van der Waals surface area (Å²) in [4.78, 5) is 2.71. The van der Waals surface area contributed by atoms with E-state index < -0.39 is 0 Å². The van der Waals surface area contributed by atoms with Crippen molar-refractivity contribution in [2.24, 2.45) is 12.8 Å². The maximum Gasteiger partial charge on any atom is 0.0481 e. The topological polar surface area (TPSA) is 34.2 Å². The lowest BCUT2D eigenvalue weighted by molar-refractivity contribution is 0.120. The number of nitrogens with two attached hydrogens (primary N) is 1. The SMILES string of the molecule is Cn1cc(CN2C3CCC2CC(N)C3)c2ccccc21. The molecule has 1 aromatic heterocycles. The molecule has 2 aliphatic rings. The smallest absolute Gasteiger partial charge is 0.0481 e. The zero-order chi connectivity index (χ0) is 13.7. The number of nitrogens with zero attached hydrogens (tertiary/aromatic N) is 2. The van der Waals surface area contributed by atoms with E-state index in [4.69, 9.17) is 5.73 Å². The molecule has 0 amide bonds. The van der Waals surface area contributed by atoms with E-state index in [1.165, 1.54) is 42.1 Å². The van der Waals surface area contributed by atoms with E-state index in [9.17, 15) is 0 Å². The van der Waals surface area contributed by atoms with E-state index in [1.807, 2.05) is 0 Å². The van der Waals surface area contributed by atoms with Gasteiger partial charge < -0.3 is 10.3 Å². The second-order valence-corrected chi connectivity index (χ2v) is 6.57. The Labute approximate surface area is 120 Å². The van der Waals surface area contributed by atoms with Gasteiger partial charge in [-0.3, -0.25) is 4.90 Å². The Balaban J connectivity index is 1.65. The van der Waals surface area contributed by atoms with Crippen LogP contribution in [0.1, 0.15) is 31.2 Å². The predicted molar refractivity (Wildman–Crippen MR) is 82.5 cm³/mol. The van der Waals surface area contributed by atoms with Crippen LogP contribution in [0, 0.1) is 0 Å². The lowest BCUT2D eigenvalue weighted by atomic mass is 9.97. The number of piperidine rings is 1. The number of para-hydroxylation sites is 1. The number of hydrogen-bond acceptors (Lipinski definition) is 2. The van der Waals surface area contributed by atoms with E-state index >= 15 is 0 Å². The highest BCUT2D eigenvalue weighted by atomic mass is 15.2. The minimum atomic E-state index is 0.427. The van der Waals surface area contributed by atoms with Crippen molar-refractivity contribution in [1.29, 1.82) is 0 Å². The fraction of sp³-hybridized carbons (Fsp3) is 0.529. The van der Waals surface area contributed by atoms with Crippen LogP contribution < -0.4 is 5.73 Å². The van der Waals surface area contributed by atoms with Gasteiger partial charge in [-0.05, 0) is 37.3 Å². The monoisotopic (exact) mass is 269 g/mol. The molecule has 0 spiro atoms. The Hall–Kier alpha value is -1.32. The molecule has 2 aromatic rings. The molecule has 2 saturated heterocycles. The summed E-state index contributed by atoms with van der Waals surface area (Å²) in [6.07, 6.45) is 7.34. The summed E-state index contributed by atoms with van der Waals surface area (Å²) in [6, 6.07) is 10.6. The largest absolute Gasteiger partial charge is 0.350 e. The molecule has 3 heterocycles. The van der Waals surface area contributed by atoms with Gasteiger partial charge in [0.25, 0.3) is 0 Å². The van der Waals surface area contributed by atoms with Gasteiger partial charge >= 0.3 is 0 Å². The van der Waals surface area contributed by atoms with Crippen molar-refractivity contribution < 1.29 is 0 Å². The molecule has 2 N–H and O–H groups in total. The molecule has 2 fully saturated rings. The third-order valence-electron chi connectivity index (χ3n) is 5.25. The summed E-state index contributed by atoms with van der Waals surface area (Å²) in [5, 5.41) is 1.41. The molecular formula is C17H23N3. The van der Waals surface area contributed by atoms with Crippen molar-refractivity contribution >= 4 is 10.9 Å². The van der Waals surface area contributed by atoms with Gasteiger partial charge in [-0.15, -0.1) is 0 Å². The zero-order valence-corrected chi connectivity index (χ0v) is 12.1. The van der Waals surface area contributed by atoms with E-state index in [-0.39, 0.29) is 0 Å². The van der Waals surface area contributed by atoms with Crippen molar-refractivity contribution in [3.05, 3.63) is 36.0 Å². The number of hydrogen-bond donors (Lipinski definition) is 1. The summed E-state index contributed by atoms with van der Waals surface area (Å²) in [5.74, 6) is 0. The molecule has 4 rings (SSSR count). The average Bonchev–Trinajstić information content (AvgIpc) is 2.87. The van der Waals surface area contributed by atoms with Crippen molar-refractivity contribution in [3.8, 4) is 0 Å². The van der Waals surface area contributed by atoms with E-state index in [2.05, 4.69) is 47.0 Å². The van der Waals surface area contributed by atoms with Gasteiger partial charge in [0.05, 0.1) is 0 Å². The second-order valence-electron chi connectivity index (χ2n) is 6.57. The summed E-state index contributed by atoms with van der Waals surface area (Å²) < 4.78 is 2.25. The minimum Gasteiger partial charge on any atom is -0.350 e. The highest BCUT2D eigenvalue weighted by molar-refractivity contribution is 5.83. The molecule has 3 nitrogen and oxygen atoms in total. The van der Waals surface area contributed by atoms with Crippen LogP contribution in [0.4, 0.5) is 0 Å². The maximum atomic E-state index is 6.18. The van der Waals surface area contributed by atoms with Crippen LogP contribution in [0.3, 0.4) is 0 Å². The van der Waals surface area contributed by atoms with Gasteiger partial charge in [-0.25, -0.2) is 0 Å². The first kappa shape index (κ1) is 12.4. The molecule has 1 aromatic carbocycles. The Morgan fingerprint density at radius 1 is 1.15 bits per heavy atom. The lowest BCUT2D eigenvalue weighted by Crippen LogP contribution is -2.46. The molecular weight excluding hydrogens is 246 g/mol. The van der Waals surface area contributed by atoms with Crippen LogP contribution in [0.2, 0.25) is 0 Å². The summed E-state index contributed by atoms with van der Waals surface area (Å²) in [5.41, 5.74) is 8.98. The van der Waals surface area contributed by atoms with Crippen molar-refractivity contribution in [1.82, 2.24) is 9.47 Å². The lowest BCUT2D eigenvalue weighted by Gasteiger charge is -2.37. The van der Waals surface area contributed by atoms with E-state index in [0.717, 1.165) is 6.54 Å². The summed E-state index contributed by atoms with van der Waals surface area (Å²) >= 11 is 0. The molecule has 2 unspecified atom stereocenters. The fourth-order valence-electron chi connectivity index (χ4n) is 4.32. The molecule has 0 radical (unpaired) electrons. The van der Waals surface area contributed by atoms with Crippen LogP contribution in [-0.4, -0.2) is 27.6 Å². The molecule has 3 heteroatoms. The third kappa shape index (κ3) is 1.88. The summed E-state index contributed by atoms with van der Waals surface area (Å²) in [7, 11) is 2.15. The number of aromatic nitrogens is 1. The number of rotatable bonds is 2. The van der Waals surface area contributed by atoms with Crippen LogP contribution in [0.15, 0.2) is 30.5 Å². The Kier molecular flexibility index (Phi) is 2.86. The first-order chi connectivity index (χ1) is 9.72. The van der Waals surface area contributed by atoms with Gasteiger partial charge in [-0.2, -0.15) is 0 Å². The van der Waals surface area contributed by atoms with Crippen LogP contribution in [0.5, 0.6) is 0 Å². The molecule has 0 saturated carbocycles. The van der Waals surface area contributed by atoms with Gasteiger partial charge in [0, 0.05) is 48.8 Å². The zero-order valence-electron chi connectivity index (χ0n) is 12.1. The quantitative estimate of drug-likeness (QED) is 0.909. The first-order valence-electron chi connectivity index (χ1n) is 7.76. The van der Waals surface area contributed by atoms with Crippen LogP contribution in [0.25, 0.3) is 10.9 Å². The maximum absolute atomic E-state index is 6.18. The molecule has 20 heavy (non-hydrogen) atoms. The first-order valence-corrected chi connectivity index (χ1v) is 7.76. The third-order valence-corrected chi connectivity index (χ3v) is 5.25. The van der Waals surface area contributed by atoms with Crippen molar-refractivity contribution in [2.75, 3.05) is 0 Å². The Morgan fingerprint density at radius 2 is 1.85 bits per heavy atom. The van der Waals surface area contributed by atoms with Gasteiger partial charge in [0.2, 0.25) is 0 Å². The van der Waals surface area contributed by atoms with Crippen molar-refractivity contribution in [2.45, 2.75) is 50.4 Å². The second kappa shape index (κ2) is 4.61. The highest BCUT2D eigenvalue weighted by Crippen LogP contribution is 2.37. The van der Waals surface area contributed by atoms with Crippen LogP contribution >= 0.6 is 0 Å². The van der Waals surface area contributed by atoms with Crippen LogP contribution in [-0.2, 0) is 13.6 Å². The van der Waals surface area contributed by atoms with Crippen molar-refractivity contribution in [3.63, 3.8) is 0 Å². The Morgan fingerprint density at radius 3 is 2.60 bits per heavy atom. The number of fused-ring (bicyclic) bond motifs is 3. The molecule has 0 aliphatic carbocycles. The highest BCUT2D eigenvalue weighted by Gasteiger charge is 2.39. The summed E-state index contributed by atoms with van der Waals surface area (Å²) in [6.45, 7) is 1.09. The average molecular weight is 269 g/mol. The molecule has 2 bridgehead atoms. The number of aryl methyl sites for hydroxylation is 1. The molecule has 106 valence electrons. The van der Waals surface area contributed by atoms with Gasteiger partial charge in [0.1, 0.15) is 0 Å². The normalized spacial score (nSPS) is 30.2. The number of benzene rings is 1. The minimum absolute atomic E-state index is 0.427. The van der Waals surface area contributed by atoms with E-state index in [1.54, 1.807) is 0 Å². The molecule has 2 aliphatic heterocycles. The van der Waals surface area contributed by atoms with E-state index in [0.29, 0.717) is 18.1 Å². The Bertz CT molecular complexity index is 616. The van der Waals surface area contributed by atoms with Gasteiger partial charge in [0.15, 0.2) is 0 Å². The predicted octanol–water partition coefficient (Wildman–Crippen LogP) is 2.63. The van der Waals surface area contributed by atoms with Gasteiger partial charge in [-0.1, -0.05) is 18.2 Å². The fourth-order valence-corrected chi connectivity index (χ4v) is 4.32. The standard InChI is InChI=1S/C17H23N3/c1-19-10-12(16-4-2-3-5-17(16)19)11-20-14-6-7-15(20)9-13(18)8-14/h2-5,10,13-15H,6-9,11,18H2,1H3.